The lowest BCUT2D eigenvalue weighted by atomic mass is 10.1. The Morgan fingerprint density at radius 2 is 1.93 bits per heavy atom. The number of carbonyl (C=O) groups is 2. The van der Waals surface area contributed by atoms with Crippen LogP contribution in [-0.4, -0.2) is 22.7 Å². The van der Waals surface area contributed by atoms with Crippen LogP contribution in [0, 0.1) is 0 Å². The quantitative estimate of drug-likeness (QED) is 0.534. The van der Waals surface area contributed by atoms with Crippen molar-refractivity contribution in [1.82, 2.24) is 4.90 Å². The van der Waals surface area contributed by atoms with Crippen molar-refractivity contribution in [3.8, 4) is 5.75 Å². The molecule has 0 radical (unpaired) electrons. The molecule has 0 aliphatic carbocycles. The Bertz CT molecular complexity index is 914. The predicted molar refractivity (Wildman–Crippen MR) is 110 cm³/mol. The number of para-hydroxylation sites is 1. The first kappa shape index (κ1) is 19.8. The molecule has 140 valence electrons. The van der Waals surface area contributed by atoms with Crippen molar-refractivity contribution in [3.05, 3.63) is 68.5 Å². The van der Waals surface area contributed by atoms with Crippen LogP contribution in [0.4, 0.5) is 4.79 Å². The summed E-state index contributed by atoms with van der Waals surface area (Å²) in [5.41, 5.74) is 1.43. The summed E-state index contributed by atoms with van der Waals surface area (Å²) in [5, 5.41) is 0.592. The van der Waals surface area contributed by atoms with Crippen molar-refractivity contribution < 1.29 is 14.3 Å². The van der Waals surface area contributed by atoms with Crippen LogP contribution in [0.5, 0.6) is 5.75 Å². The molecule has 0 N–H and O–H groups in total. The molecule has 1 fully saturated rings. The number of benzene rings is 2. The maximum Gasteiger partial charge on any atom is 0.293 e. The van der Waals surface area contributed by atoms with Gasteiger partial charge in [0.15, 0.2) is 0 Å². The van der Waals surface area contributed by atoms with E-state index in [-0.39, 0.29) is 17.7 Å². The van der Waals surface area contributed by atoms with Gasteiger partial charge in [0.2, 0.25) is 0 Å². The fourth-order valence-corrected chi connectivity index (χ4v) is 3.84. The summed E-state index contributed by atoms with van der Waals surface area (Å²) < 4.78 is 5.71. The van der Waals surface area contributed by atoms with E-state index >= 15 is 0 Å². The highest BCUT2D eigenvalue weighted by atomic mass is 35.5. The van der Waals surface area contributed by atoms with Gasteiger partial charge in [-0.3, -0.25) is 14.5 Å². The number of nitrogens with zero attached hydrogens (tertiary/aromatic N) is 1. The number of hydrogen-bond donors (Lipinski definition) is 0. The fraction of sp³-hybridized carbons (Fsp3) is 0.200. The Morgan fingerprint density at radius 3 is 2.67 bits per heavy atom. The zero-order valence-corrected chi connectivity index (χ0v) is 16.9. The Kier molecular flexibility index (Phi) is 6.47. The van der Waals surface area contributed by atoms with Crippen molar-refractivity contribution in [2.45, 2.75) is 19.9 Å². The van der Waals surface area contributed by atoms with Gasteiger partial charge in [0.05, 0.1) is 18.1 Å². The van der Waals surface area contributed by atoms with Crippen molar-refractivity contribution in [3.63, 3.8) is 0 Å². The lowest BCUT2D eigenvalue weighted by Crippen LogP contribution is -2.27. The standard InChI is InChI=1S/C20H17Cl2NO3S/c1-2-9-26-17-6-4-3-5-13(17)10-18-19(24)23(20(25)27-18)12-14-7-8-15(21)11-16(14)22/h3-8,10-11H,2,9,12H2,1H3/b18-10+. The second-order valence-electron chi connectivity index (χ2n) is 5.89. The van der Waals surface area contributed by atoms with E-state index in [0.717, 1.165) is 23.7 Å². The fourth-order valence-electron chi connectivity index (χ4n) is 2.54. The lowest BCUT2D eigenvalue weighted by molar-refractivity contribution is -0.123. The summed E-state index contributed by atoms with van der Waals surface area (Å²) in [6.07, 6.45) is 2.58. The normalized spacial score (nSPS) is 15.7. The van der Waals surface area contributed by atoms with E-state index in [1.54, 1.807) is 24.3 Å². The van der Waals surface area contributed by atoms with Gasteiger partial charge >= 0.3 is 0 Å². The highest BCUT2D eigenvalue weighted by Crippen LogP contribution is 2.35. The molecule has 0 spiro atoms. The van der Waals surface area contributed by atoms with Gasteiger partial charge in [-0.1, -0.05) is 54.4 Å². The first-order valence-electron chi connectivity index (χ1n) is 8.40. The molecule has 0 saturated carbocycles. The van der Waals surface area contributed by atoms with Gasteiger partial charge in [0.1, 0.15) is 5.75 Å². The molecule has 2 aromatic carbocycles. The van der Waals surface area contributed by atoms with Gasteiger partial charge in [-0.15, -0.1) is 0 Å². The number of imide groups is 1. The Hall–Kier alpha value is -1.95. The number of ether oxygens (including phenoxy) is 1. The molecule has 7 heteroatoms. The van der Waals surface area contributed by atoms with Gasteiger partial charge in [-0.2, -0.15) is 0 Å². The van der Waals surface area contributed by atoms with E-state index < -0.39 is 0 Å². The third-order valence-corrected chi connectivity index (χ3v) is 5.38. The Balaban J connectivity index is 1.83. The molecule has 0 aromatic heterocycles. The number of thioether (sulfide) groups is 1. The minimum absolute atomic E-state index is 0.103. The van der Waals surface area contributed by atoms with Gasteiger partial charge in [0.25, 0.3) is 11.1 Å². The minimum Gasteiger partial charge on any atom is -0.493 e. The molecule has 2 aromatic rings. The van der Waals surface area contributed by atoms with Crippen LogP contribution < -0.4 is 4.74 Å². The summed E-state index contributed by atoms with van der Waals surface area (Å²) in [5.74, 6) is 0.341. The summed E-state index contributed by atoms with van der Waals surface area (Å²) in [7, 11) is 0. The molecule has 0 unspecified atom stereocenters. The zero-order chi connectivity index (χ0) is 19.4. The van der Waals surface area contributed by atoms with E-state index in [0.29, 0.717) is 32.9 Å². The SMILES string of the molecule is CCCOc1ccccc1/C=C1/SC(=O)N(Cc2ccc(Cl)cc2Cl)C1=O. The summed E-state index contributed by atoms with van der Waals surface area (Å²) in [6, 6.07) is 12.4. The van der Waals surface area contributed by atoms with Gasteiger partial charge in [0, 0.05) is 15.6 Å². The summed E-state index contributed by atoms with van der Waals surface area (Å²) in [6.45, 7) is 2.71. The first-order chi connectivity index (χ1) is 13.0. The topological polar surface area (TPSA) is 46.6 Å². The highest BCUT2D eigenvalue weighted by Gasteiger charge is 2.35. The van der Waals surface area contributed by atoms with Gasteiger partial charge < -0.3 is 4.74 Å². The van der Waals surface area contributed by atoms with E-state index in [4.69, 9.17) is 27.9 Å². The zero-order valence-electron chi connectivity index (χ0n) is 14.6. The van der Waals surface area contributed by atoms with Gasteiger partial charge in [-0.25, -0.2) is 0 Å². The minimum atomic E-state index is -0.346. The van der Waals surface area contributed by atoms with Crippen molar-refractivity contribution in [2.24, 2.45) is 0 Å². The number of halogens is 2. The molecule has 0 atom stereocenters. The van der Waals surface area contributed by atoms with Crippen LogP contribution in [-0.2, 0) is 11.3 Å². The molecule has 1 aliphatic rings. The van der Waals surface area contributed by atoms with E-state index in [1.807, 2.05) is 31.2 Å². The summed E-state index contributed by atoms with van der Waals surface area (Å²) in [4.78, 5) is 26.6. The van der Waals surface area contributed by atoms with Crippen LogP contribution in [0.25, 0.3) is 6.08 Å². The Labute approximate surface area is 172 Å². The predicted octanol–water partition coefficient (Wildman–Crippen LogP) is 6.02. The van der Waals surface area contributed by atoms with Crippen LogP contribution in [0.15, 0.2) is 47.4 Å². The number of rotatable bonds is 6. The second kappa shape index (κ2) is 8.83. The second-order valence-corrected chi connectivity index (χ2v) is 7.73. The highest BCUT2D eigenvalue weighted by molar-refractivity contribution is 8.18. The summed E-state index contributed by atoms with van der Waals surface area (Å²) >= 11 is 13.0. The molecule has 1 heterocycles. The molecule has 1 aliphatic heterocycles. The van der Waals surface area contributed by atoms with E-state index in [9.17, 15) is 9.59 Å². The maximum atomic E-state index is 12.7. The monoisotopic (exact) mass is 421 g/mol. The smallest absolute Gasteiger partial charge is 0.293 e. The number of hydrogen-bond acceptors (Lipinski definition) is 4. The van der Waals surface area contributed by atoms with Crippen molar-refractivity contribution in [1.29, 1.82) is 0 Å². The van der Waals surface area contributed by atoms with E-state index in [1.165, 1.54) is 4.90 Å². The van der Waals surface area contributed by atoms with Crippen molar-refractivity contribution in [2.75, 3.05) is 6.61 Å². The molecular formula is C20H17Cl2NO3S. The molecule has 1 saturated heterocycles. The Morgan fingerprint density at radius 1 is 1.15 bits per heavy atom. The van der Waals surface area contributed by atoms with E-state index in [2.05, 4.69) is 0 Å². The van der Waals surface area contributed by atoms with Crippen LogP contribution in [0.2, 0.25) is 10.0 Å². The number of carbonyl (C=O) groups excluding carboxylic acids is 2. The molecular weight excluding hydrogens is 405 g/mol. The average Bonchev–Trinajstić information content (AvgIpc) is 2.90. The molecule has 3 rings (SSSR count). The van der Waals surface area contributed by atoms with Crippen molar-refractivity contribution >= 4 is 52.2 Å². The average molecular weight is 422 g/mol. The molecule has 0 bridgehead atoms. The van der Waals surface area contributed by atoms with Gasteiger partial charge in [-0.05, 0) is 48.0 Å². The first-order valence-corrected chi connectivity index (χ1v) is 9.98. The largest absolute Gasteiger partial charge is 0.493 e. The lowest BCUT2D eigenvalue weighted by Gasteiger charge is -2.13. The third kappa shape index (κ3) is 4.67. The van der Waals surface area contributed by atoms with Crippen LogP contribution in [0.1, 0.15) is 24.5 Å². The molecule has 27 heavy (non-hydrogen) atoms. The third-order valence-electron chi connectivity index (χ3n) is 3.88. The molecule has 2 amide bonds. The van der Waals surface area contributed by atoms with Crippen LogP contribution >= 0.6 is 35.0 Å². The molecule has 4 nitrogen and oxygen atoms in total. The maximum absolute atomic E-state index is 12.7. The number of amides is 2. The van der Waals surface area contributed by atoms with Crippen LogP contribution in [0.3, 0.4) is 0 Å².